The van der Waals surface area contributed by atoms with Gasteiger partial charge in [-0.3, -0.25) is 4.99 Å². The number of anilines is 2. The first-order valence-electron chi connectivity index (χ1n) is 7.92. The summed E-state index contributed by atoms with van der Waals surface area (Å²) >= 11 is 13.5. The molecule has 2 N–H and O–H groups in total. The van der Waals surface area contributed by atoms with E-state index in [-0.39, 0.29) is 6.03 Å². The van der Waals surface area contributed by atoms with Crippen LogP contribution >= 0.6 is 35.0 Å². The smallest absolute Gasteiger partial charge is 0.318 e. The number of hydrogen-bond donors (Lipinski definition) is 2. The van der Waals surface area contributed by atoms with Gasteiger partial charge >= 0.3 is 6.03 Å². The van der Waals surface area contributed by atoms with E-state index >= 15 is 0 Å². The third kappa shape index (κ3) is 3.53. The Bertz CT molecular complexity index is 927. The lowest BCUT2D eigenvalue weighted by molar-refractivity contribution is 0.262. The molecule has 2 aliphatic rings. The van der Waals surface area contributed by atoms with Gasteiger partial charge in [-0.2, -0.15) is 0 Å². The van der Waals surface area contributed by atoms with Crippen molar-refractivity contribution < 1.29 is 4.79 Å². The summed E-state index contributed by atoms with van der Waals surface area (Å²) in [5, 5.41) is 9.53. The summed E-state index contributed by atoms with van der Waals surface area (Å²) in [7, 11) is 0. The number of nitrogens with zero attached hydrogens (tertiary/aromatic N) is 2. The molecule has 2 amide bonds. The first kappa shape index (κ1) is 17.3. The van der Waals surface area contributed by atoms with Gasteiger partial charge in [0.05, 0.1) is 22.3 Å². The number of carbonyl (C=O) groups is 1. The van der Waals surface area contributed by atoms with Crippen molar-refractivity contribution in [1.29, 1.82) is 0 Å². The third-order valence-electron chi connectivity index (χ3n) is 3.98. The van der Waals surface area contributed by atoms with Crippen molar-refractivity contribution in [3.05, 3.63) is 63.5 Å². The lowest BCUT2D eigenvalue weighted by atomic mass is 10.1. The van der Waals surface area contributed by atoms with E-state index < -0.39 is 0 Å². The second-order valence-electron chi connectivity index (χ2n) is 5.72. The Balaban J connectivity index is 1.40. The molecule has 2 heterocycles. The molecule has 8 heteroatoms. The molecular weight excluding hydrogens is 391 g/mol. The zero-order valence-corrected chi connectivity index (χ0v) is 15.8. The van der Waals surface area contributed by atoms with Crippen LogP contribution in [-0.2, 0) is 0 Å². The Kier molecular flexibility index (Phi) is 4.80. The topological polar surface area (TPSA) is 56.7 Å². The molecule has 0 saturated carbocycles. The van der Waals surface area contributed by atoms with Crippen molar-refractivity contribution in [2.75, 3.05) is 23.7 Å². The first-order valence-corrected chi connectivity index (χ1v) is 9.56. The van der Waals surface area contributed by atoms with Gasteiger partial charge in [-0.15, -0.1) is 0 Å². The maximum atomic E-state index is 12.1. The van der Waals surface area contributed by atoms with Crippen molar-refractivity contribution in [3.63, 3.8) is 0 Å². The molecule has 132 valence electrons. The molecular formula is C18H14Cl2N4OS. The van der Waals surface area contributed by atoms with Crippen molar-refractivity contribution in [2.24, 2.45) is 4.99 Å². The fraction of sp³-hybridized carbons (Fsp3) is 0.111. The molecule has 0 aromatic heterocycles. The number of fused-ring (bicyclic) bond motifs is 1. The quantitative estimate of drug-likeness (QED) is 0.724. The van der Waals surface area contributed by atoms with Crippen molar-refractivity contribution in [1.82, 2.24) is 4.90 Å². The minimum Gasteiger partial charge on any atom is -0.318 e. The predicted molar refractivity (Wildman–Crippen MR) is 110 cm³/mol. The number of carbonyl (C=O) groups excluding carboxylic acids is 1. The molecule has 0 spiro atoms. The fourth-order valence-electron chi connectivity index (χ4n) is 2.74. The van der Waals surface area contributed by atoms with Gasteiger partial charge in [-0.25, -0.2) is 4.79 Å². The summed E-state index contributed by atoms with van der Waals surface area (Å²) in [5.74, 6) is 0. The van der Waals surface area contributed by atoms with Gasteiger partial charge in [-0.05, 0) is 35.9 Å². The van der Waals surface area contributed by atoms with Crippen LogP contribution in [0, 0.1) is 0 Å². The molecule has 0 radical (unpaired) electrons. The van der Waals surface area contributed by atoms with Gasteiger partial charge in [0.25, 0.3) is 0 Å². The zero-order chi connectivity index (χ0) is 18.1. The molecule has 0 aliphatic carbocycles. The van der Waals surface area contributed by atoms with E-state index in [1.807, 2.05) is 24.3 Å². The van der Waals surface area contributed by atoms with Crippen LogP contribution in [0.25, 0.3) is 5.70 Å². The van der Waals surface area contributed by atoms with Gasteiger partial charge in [0.15, 0.2) is 5.17 Å². The molecule has 2 aromatic rings. The number of thioether (sulfide) groups is 1. The van der Waals surface area contributed by atoms with Crippen molar-refractivity contribution >= 4 is 63.2 Å². The number of benzene rings is 2. The van der Waals surface area contributed by atoms with Gasteiger partial charge in [-0.1, -0.05) is 47.1 Å². The third-order valence-corrected chi connectivity index (χ3v) is 5.62. The van der Waals surface area contributed by atoms with E-state index in [4.69, 9.17) is 23.2 Å². The maximum Gasteiger partial charge on any atom is 0.323 e. The fourth-order valence-corrected chi connectivity index (χ4v) is 4.00. The van der Waals surface area contributed by atoms with Crippen LogP contribution in [0.5, 0.6) is 0 Å². The summed E-state index contributed by atoms with van der Waals surface area (Å²) in [6.45, 7) is 1.76. The van der Waals surface area contributed by atoms with Crippen LogP contribution in [0.1, 0.15) is 5.56 Å². The molecule has 2 aliphatic heterocycles. The summed E-state index contributed by atoms with van der Waals surface area (Å²) < 4.78 is 0. The number of amidine groups is 1. The average Bonchev–Trinajstić information content (AvgIpc) is 3.22. The van der Waals surface area contributed by atoms with Gasteiger partial charge in [0.1, 0.15) is 0 Å². The highest BCUT2D eigenvalue weighted by Crippen LogP contribution is 2.35. The number of urea groups is 1. The Hall–Kier alpha value is -2.15. The number of rotatable bonds is 3. The van der Waals surface area contributed by atoms with E-state index in [1.54, 1.807) is 30.0 Å². The van der Waals surface area contributed by atoms with Crippen LogP contribution in [0.4, 0.5) is 16.2 Å². The number of aliphatic imine (C=N–C) groups is 1. The standard InChI is InChI=1S/C18H14Cl2N4OS/c19-14-6-5-13(9-15(14)20)23-17(25)22-12-3-1-11(2-4-12)16-10-26-18-21-7-8-24(16)18/h1-6,9-10H,7-8H2,(H2,22,23,25). The zero-order valence-electron chi connectivity index (χ0n) is 13.5. The highest BCUT2D eigenvalue weighted by Gasteiger charge is 2.26. The Morgan fingerprint density at radius 2 is 1.77 bits per heavy atom. The summed E-state index contributed by atoms with van der Waals surface area (Å²) in [6, 6.07) is 12.3. The van der Waals surface area contributed by atoms with Crippen molar-refractivity contribution in [3.8, 4) is 0 Å². The molecule has 0 saturated heterocycles. The van der Waals surface area contributed by atoms with E-state index in [9.17, 15) is 4.79 Å². The Labute approximate surface area is 165 Å². The highest BCUT2D eigenvalue weighted by molar-refractivity contribution is 8.16. The van der Waals surface area contributed by atoms with Gasteiger partial charge in [0, 0.05) is 23.3 Å². The number of amides is 2. The SMILES string of the molecule is O=C(Nc1ccc(C2=CSC3=NCCN23)cc1)Nc1ccc(Cl)c(Cl)c1. The monoisotopic (exact) mass is 404 g/mol. The lowest BCUT2D eigenvalue weighted by Crippen LogP contribution is -2.20. The molecule has 4 rings (SSSR count). The van der Waals surface area contributed by atoms with E-state index in [0.29, 0.717) is 21.4 Å². The van der Waals surface area contributed by atoms with Crippen LogP contribution in [-0.4, -0.2) is 29.2 Å². The molecule has 0 atom stereocenters. The maximum absolute atomic E-state index is 12.1. The molecule has 2 aromatic carbocycles. The number of hydrogen-bond acceptors (Lipinski definition) is 4. The average molecular weight is 405 g/mol. The van der Waals surface area contributed by atoms with E-state index in [2.05, 4.69) is 25.9 Å². The first-order chi connectivity index (χ1) is 12.6. The molecule has 26 heavy (non-hydrogen) atoms. The van der Waals surface area contributed by atoms with Crippen LogP contribution in [0.15, 0.2) is 52.9 Å². The van der Waals surface area contributed by atoms with E-state index in [0.717, 1.165) is 29.5 Å². The Morgan fingerprint density at radius 3 is 2.54 bits per heavy atom. The van der Waals surface area contributed by atoms with Crippen LogP contribution in [0.3, 0.4) is 0 Å². The summed E-state index contributed by atoms with van der Waals surface area (Å²) in [5.41, 5.74) is 3.52. The van der Waals surface area contributed by atoms with Gasteiger partial charge in [0.2, 0.25) is 0 Å². The highest BCUT2D eigenvalue weighted by atomic mass is 35.5. The summed E-state index contributed by atoms with van der Waals surface area (Å²) in [6.07, 6.45) is 0. The predicted octanol–water partition coefficient (Wildman–Crippen LogP) is 5.35. The normalized spacial score (nSPS) is 15.4. The molecule has 5 nitrogen and oxygen atoms in total. The van der Waals surface area contributed by atoms with Crippen LogP contribution in [0.2, 0.25) is 10.0 Å². The molecule has 0 unspecified atom stereocenters. The largest absolute Gasteiger partial charge is 0.323 e. The van der Waals surface area contributed by atoms with Crippen molar-refractivity contribution in [2.45, 2.75) is 0 Å². The Morgan fingerprint density at radius 1 is 1.04 bits per heavy atom. The second kappa shape index (κ2) is 7.23. The minimum atomic E-state index is -0.347. The van der Waals surface area contributed by atoms with E-state index in [1.165, 1.54) is 0 Å². The minimum absolute atomic E-state index is 0.347. The van der Waals surface area contributed by atoms with Crippen LogP contribution < -0.4 is 10.6 Å². The summed E-state index contributed by atoms with van der Waals surface area (Å²) in [4.78, 5) is 18.8. The lowest BCUT2D eigenvalue weighted by Gasteiger charge is -2.17. The van der Waals surface area contributed by atoms with Gasteiger partial charge < -0.3 is 15.5 Å². The second-order valence-corrected chi connectivity index (χ2v) is 7.37. The number of halogens is 2. The number of nitrogens with one attached hydrogen (secondary N) is 2. The molecule has 0 fully saturated rings. The molecule has 0 bridgehead atoms.